The van der Waals surface area contributed by atoms with E-state index in [-0.39, 0.29) is 0 Å². The number of guanidine groups is 1. The smallest absolute Gasteiger partial charge is 0.191 e. The maximum absolute atomic E-state index is 4.70. The number of rotatable bonds is 6. The molecule has 0 saturated carbocycles. The highest BCUT2D eigenvalue weighted by atomic mass is 32.1. The fourth-order valence-corrected chi connectivity index (χ4v) is 3.83. The lowest BCUT2D eigenvalue weighted by atomic mass is 10.2. The van der Waals surface area contributed by atoms with Gasteiger partial charge in [-0.25, -0.2) is 9.98 Å². The monoisotopic (exact) mass is 386 g/mol. The maximum Gasteiger partial charge on any atom is 0.191 e. The largest absolute Gasteiger partial charge is 0.357 e. The van der Waals surface area contributed by atoms with Gasteiger partial charge in [0.25, 0.3) is 0 Å². The normalized spacial score (nSPS) is 15.8. The molecule has 0 aromatic carbocycles. The molecule has 1 aliphatic heterocycles. The number of nitrogens with zero attached hydrogens (tertiary/aromatic N) is 4. The average Bonchev–Trinajstić information content (AvgIpc) is 3.10. The SMILES string of the molecule is CCNC(=NCc1ccc(N2CCN(C)CC2)nc1)NCc1ccc(C)s1. The van der Waals surface area contributed by atoms with E-state index in [0.29, 0.717) is 6.54 Å². The van der Waals surface area contributed by atoms with Crippen LogP contribution in [0.1, 0.15) is 22.2 Å². The number of anilines is 1. The van der Waals surface area contributed by atoms with Crippen molar-refractivity contribution < 1.29 is 0 Å². The molecular weight excluding hydrogens is 356 g/mol. The number of aromatic nitrogens is 1. The van der Waals surface area contributed by atoms with Crippen molar-refractivity contribution in [1.29, 1.82) is 0 Å². The third kappa shape index (κ3) is 5.94. The van der Waals surface area contributed by atoms with E-state index in [0.717, 1.165) is 56.6 Å². The van der Waals surface area contributed by atoms with E-state index >= 15 is 0 Å². The summed E-state index contributed by atoms with van der Waals surface area (Å²) in [7, 11) is 2.17. The molecule has 2 aromatic rings. The van der Waals surface area contributed by atoms with Crippen LogP contribution in [0.25, 0.3) is 0 Å². The number of aliphatic imine (C=N–C) groups is 1. The highest BCUT2D eigenvalue weighted by molar-refractivity contribution is 7.11. The summed E-state index contributed by atoms with van der Waals surface area (Å²) >= 11 is 1.81. The van der Waals surface area contributed by atoms with Crippen LogP contribution in [-0.2, 0) is 13.1 Å². The van der Waals surface area contributed by atoms with Gasteiger partial charge in [-0.3, -0.25) is 0 Å². The second-order valence-electron chi connectivity index (χ2n) is 6.88. The molecule has 146 valence electrons. The maximum atomic E-state index is 4.70. The zero-order valence-electron chi connectivity index (χ0n) is 16.5. The van der Waals surface area contributed by atoms with Crippen LogP contribution in [-0.4, -0.2) is 55.6 Å². The Morgan fingerprint density at radius 1 is 1.15 bits per heavy atom. The van der Waals surface area contributed by atoms with Crippen molar-refractivity contribution in [1.82, 2.24) is 20.5 Å². The molecule has 0 unspecified atom stereocenters. The first-order valence-corrected chi connectivity index (χ1v) is 10.4. The Morgan fingerprint density at radius 3 is 2.59 bits per heavy atom. The van der Waals surface area contributed by atoms with Crippen LogP contribution in [0.5, 0.6) is 0 Å². The molecule has 0 amide bonds. The molecule has 7 heteroatoms. The first kappa shape index (κ1) is 19.6. The number of likely N-dealkylation sites (N-methyl/N-ethyl adjacent to an activating group) is 1. The van der Waals surface area contributed by atoms with E-state index in [1.807, 2.05) is 17.5 Å². The van der Waals surface area contributed by atoms with Crippen LogP contribution in [0.4, 0.5) is 5.82 Å². The Balaban J connectivity index is 1.55. The zero-order valence-corrected chi connectivity index (χ0v) is 17.4. The molecule has 3 rings (SSSR count). The number of nitrogens with one attached hydrogen (secondary N) is 2. The van der Waals surface area contributed by atoms with Gasteiger partial charge in [0.1, 0.15) is 5.82 Å². The third-order valence-corrected chi connectivity index (χ3v) is 5.63. The van der Waals surface area contributed by atoms with E-state index in [1.165, 1.54) is 9.75 Å². The number of hydrogen-bond acceptors (Lipinski definition) is 5. The first-order valence-electron chi connectivity index (χ1n) is 9.60. The van der Waals surface area contributed by atoms with Gasteiger partial charge in [0.05, 0.1) is 13.1 Å². The van der Waals surface area contributed by atoms with E-state index < -0.39 is 0 Å². The Morgan fingerprint density at radius 2 is 1.96 bits per heavy atom. The van der Waals surface area contributed by atoms with Crippen LogP contribution < -0.4 is 15.5 Å². The summed E-state index contributed by atoms with van der Waals surface area (Å²) < 4.78 is 0. The summed E-state index contributed by atoms with van der Waals surface area (Å²) in [4.78, 5) is 16.7. The lowest BCUT2D eigenvalue weighted by Gasteiger charge is -2.33. The molecule has 2 aromatic heterocycles. The number of aryl methyl sites for hydroxylation is 1. The highest BCUT2D eigenvalue weighted by Gasteiger charge is 2.14. The van der Waals surface area contributed by atoms with Crippen LogP contribution in [0.15, 0.2) is 35.5 Å². The van der Waals surface area contributed by atoms with Gasteiger partial charge in [0.2, 0.25) is 0 Å². The van der Waals surface area contributed by atoms with E-state index in [4.69, 9.17) is 4.99 Å². The molecule has 6 nitrogen and oxygen atoms in total. The topological polar surface area (TPSA) is 55.8 Å². The summed E-state index contributed by atoms with van der Waals surface area (Å²) in [5.74, 6) is 1.90. The molecule has 0 spiro atoms. The minimum Gasteiger partial charge on any atom is -0.357 e. The molecule has 0 bridgehead atoms. The minimum atomic E-state index is 0.620. The molecule has 2 N–H and O–H groups in total. The molecule has 0 aliphatic carbocycles. The fourth-order valence-electron chi connectivity index (χ4n) is 3.00. The third-order valence-electron chi connectivity index (χ3n) is 4.63. The van der Waals surface area contributed by atoms with Gasteiger partial charge >= 0.3 is 0 Å². The summed E-state index contributed by atoms with van der Waals surface area (Å²) in [6.45, 7) is 10.7. The summed E-state index contributed by atoms with van der Waals surface area (Å²) in [5, 5.41) is 6.71. The second kappa shape index (κ2) is 9.71. The molecule has 1 fully saturated rings. The molecule has 0 atom stereocenters. The van der Waals surface area contributed by atoms with Crippen molar-refractivity contribution in [3.05, 3.63) is 45.8 Å². The number of hydrogen-bond donors (Lipinski definition) is 2. The van der Waals surface area contributed by atoms with Crippen LogP contribution in [0.3, 0.4) is 0 Å². The van der Waals surface area contributed by atoms with Gasteiger partial charge in [-0.1, -0.05) is 6.07 Å². The molecule has 27 heavy (non-hydrogen) atoms. The Bertz CT molecular complexity index is 731. The van der Waals surface area contributed by atoms with Crippen molar-refractivity contribution in [2.45, 2.75) is 26.9 Å². The van der Waals surface area contributed by atoms with Crippen molar-refractivity contribution in [2.24, 2.45) is 4.99 Å². The summed E-state index contributed by atoms with van der Waals surface area (Å²) in [6, 6.07) is 8.57. The predicted molar refractivity (Wildman–Crippen MR) is 115 cm³/mol. The van der Waals surface area contributed by atoms with Crippen LogP contribution in [0, 0.1) is 6.92 Å². The Labute approximate surface area is 166 Å². The molecule has 0 radical (unpaired) electrons. The van der Waals surface area contributed by atoms with Crippen molar-refractivity contribution in [3.63, 3.8) is 0 Å². The minimum absolute atomic E-state index is 0.620. The number of thiophene rings is 1. The Hall–Kier alpha value is -2.12. The molecular formula is C20H30N6S. The standard InChI is InChI=1S/C20H30N6S/c1-4-21-20(24-15-18-7-5-16(2)27-18)23-14-17-6-8-19(22-13-17)26-11-9-25(3)10-12-26/h5-8,13H,4,9-12,14-15H2,1-3H3,(H2,21,23,24). The van der Waals surface area contributed by atoms with E-state index in [2.05, 4.69) is 70.6 Å². The second-order valence-corrected chi connectivity index (χ2v) is 8.25. The van der Waals surface area contributed by atoms with E-state index in [9.17, 15) is 0 Å². The van der Waals surface area contributed by atoms with Gasteiger partial charge < -0.3 is 20.4 Å². The molecule has 1 aliphatic rings. The van der Waals surface area contributed by atoms with Crippen molar-refractivity contribution in [2.75, 3.05) is 44.7 Å². The lowest BCUT2D eigenvalue weighted by molar-refractivity contribution is 0.312. The lowest BCUT2D eigenvalue weighted by Crippen LogP contribution is -2.44. The van der Waals surface area contributed by atoms with Crippen LogP contribution >= 0.6 is 11.3 Å². The quantitative estimate of drug-likeness (QED) is 0.590. The van der Waals surface area contributed by atoms with Gasteiger partial charge in [-0.2, -0.15) is 0 Å². The van der Waals surface area contributed by atoms with Crippen LogP contribution in [0.2, 0.25) is 0 Å². The molecule has 3 heterocycles. The van der Waals surface area contributed by atoms with E-state index in [1.54, 1.807) is 0 Å². The van der Waals surface area contributed by atoms with Gasteiger partial charge in [0, 0.05) is 48.7 Å². The average molecular weight is 387 g/mol. The fraction of sp³-hybridized carbons (Fsp3) is 0.500. The first-order chi connectivity index (χ1) is 13.1. The van der Waals surface area contributed by atoms with Gasteiger partial charge in [-0.15, -0.1) is 11.3 Å². The zero-order chi connectivity index (χ0) is 19.1. The van der Waals surface area contributed by atoms with Crippen molar-refractivity contribution >= 4 is 23.1 Å². The summed E-state index contributed by atoms with van der Waals surface area (Å²) in [5.41, 5.74) is 1.12. The van der Waals surface area contributed by atoms with Gasteiger partial charge in [-0.05, 0) is 44.7 Å². The van der Waals surface area contributed by atoms with Gasteiger partial charge in [0.15, 0.2) is 5.96 Å². The van der Waals surface area contributed by atoms with Crippen molar-refractivity contribution in [3.8, 4) is 0 Å². The number of pyridine rings is 1. The highest BCUT2D eigenvalue weighted by Crippen LogP contribution is 2.15. The molecule has 1 saturated heterocycles. The number of piperazine rings is 1. The summed E-state index contributed by atoms with van der Waals surface area (Å²) in [6.07, 6.45) is 1.95. The Kier molecular flexibility index (Phi) is 7.06. The predicted octanol–water partition coefficient (Wildman–Crippen LogP) is 2.46.